The molecule has 0 atom stereocenters. The maximum absolute atomic E-state index is 12.0. The fourth-order valence-electron chi connectivity index (χ4n) is 2.95. The van der Waals surface area contributed by atoms with Gasteiger partial charge in [-0.05, 0) is 50.9 Å². The maximum atomic E-state index is 12.0. The number of ether oxygens (including phenoxy) is 1. The van der Waals surface area contributed by atoms with Gasteiger partial charge in [0.2, 0.25) is 5.91 Å². The van der Waals surface area contributed by atoms with Crippen LogP contribution in [-0.4, -0.2) is 25.2 Å². The lowest BCUT2D eigenvalue weighted by Gasteiger charge is -2.38. The number of carbonyl (C=O) groups is 1. The van der Waals surface area contributed by atoms with Gasteiger partial charge in [-0.15, -0.1) is 0 Å². The summed E-state index contributed by atoms with van der Waals surface area (Å²) in [6.45, 7) is 3.18. The van der Waals surface area contributed by atoms with Crippen LogP contribution in [0.5, 0.6) is 0 Å². The van der Waals surface area contributed by atoms with Crippen LogP contribution in [0.15, 0.2) is 0 Å². The van der Waals surface area contributed by atoms with Crippen molar-refractivity contribution >= 4 is 5.91 Å². The number of rotatable bonds is 2. The molecular weight excluding hydrogens is 202 g/mol. The Bertz CT molecular complexity index is 295. The van der Waals surface area contributed by atoms with Gasteiger partial charge in [0.15, 0.2) is 0 Å². The molecule has 0 aromatic heterocycles. The predicted molar refractivity (Wildman–Crippen MR) is 61.0 cm³/mol. The molecule has 3 heteroatoms. The van der Waals surface area contributed by atoms with E-state index in [1.54, 1.807) is 0 Å². The largest absolute Gasteiger partial charge is 0.379 e. The van der Waals surface area contributed by atoms with E-state index in [9.17, 15) is 4.79 Å². The summed E-state index contributed by atoms with van der Waals surface area (Å²) in [5.41, 5.74) is 0.472. The van der Waals surface area contributed by atoms with Crippen molar-refractivity contribution in [3.05, 3.63) is 0 Å². The molecule has 0 bridgehead atoms. The normalized spacial score (nSPS) is 30.8. The number of amides is 1. The molecule has 3 aliphatic rings. The maximum Gasteiger partial charge on any atom is 0.230 e. The molecule has 3 rings (SSSR count). The fraction of sp³-hybridized carbons (Fsp3) is 0.923. The molecule has 1 amide bonds. The van der Waals surface area contributed by atoms with Crippen molar-refractivity contribution in [3.63, 3.8) is 0 Å². The van der Waals surface area contributed by atoms with Gasteiger partial charge in [-0.25, -0.2) is 0 Å². The van der Waals surface area contributed by atoms with Crippen LogP contribution >= 0.6 is 0 Å². The van der Waals surface area contributed by atoms with Gasteiger partial charge in [-0.2, -0.15) is 0 Å². The average molecular weight is 223 g/mol. The highest BCUT2D eigenvalue weighted by atomic mass is 16.5. The van der Waals surface area contributed by atoms with E-state index in [4.69, 9.17) is 4.74 Å². The Morgan fingerprint density at radius 1 is 1.19 bits per heavy atom. The molecule has 3 fully saturated rings. The van der Waals surface area contributed by atoms with Crippen molar-refractivity contribution in [2.24, 2.45) is 10.8 Å². The summed E-state index contributed by atoms with van der Waals surface area (Å²) in [4.78, 5) is 12.0. The number of hydrogen-bond acceptors (Lipinski definition) is 2. The van der Waals surface area contributed by atoms with Crippen molar-refractivity contribution < 1.29 is 9.53 Å². The van der Waals surface area contributed by atoms with Crippen LogP contribution in [-0.2, 0) is 9.53 Å². The molecule has 1 spiro atoms. The zero-order valence-electron chi connectivity index (χ0n) is 10.1. The molecule has 3 nitrogen and oxygen atoms in total. The topological polar surface area (TPSA) is 38.3 Å². The third kappa shape index (κ3) is 1.75. The Hall–Kier alpha value is -0.570. The van der Waals surface area contributed by atoms with Crippen molar-refractivity contribution in [1.82, 2.24) is 5.32 Å². The van der Waals surface area contributed by atoms with E-state index in [1.807, 2.05) is 6.92 Å². The van der Waals surface area contributed by atoms with E-state index in [2.05, 4.69) is 5.32 Å². The molecule has 0 aromatic carbocycles. The predicted octanol–water partition coefficient (Wildman–Crippen LogP) is 1.86. The Morgan fingerprint density at radius 2 is 1.81 bits per heavy atom. The monoisotopic (exact) mass is 223 g/mol. The minimum absolute atomic E-state index is 0.204. The minimum atomic E-state index is -0.241. The van der Waals surface area contributed by atoms with Crippen molar-refractivity contribution in [2.45, 2.75) is 51.5 Å². The molecule has 0 radical (unpaired) electrons. The van der Waals surface area contributed by atoms with E-state index in [0.29, 0.717) is 24.7 Å². The Kier molecular flexibility index (Phi) is 2.29. The summed E-state index contributed by atoms with van der Waals surface area (Å²) in [7, 11) is 0. The summed E-state index contributed by atoms with van der Waals surface area (Å²) in [5, 5.41) is 3.21. The number of nitrogens with one attached hydrogen (secondary N) is 1. The summed E-state index contributed by atoms with van der Waals surface area (Å²) in [5.74, 6) is 0.204. The molecule has 2 aliphatic carbocycles. The standard InChI is InChI=1S/C13H21NO2/c1-12(8-16-9-12)11(15)14-10-2-4-13(5-3-10)6-7-13/h10H,2-9H2,1H3,(H,14,15). The highest BCUT2D eigenvalue weighted by Gasteiger charge is 2.46. The van der Waals surface area contributed by atoms with Gasteiger partial charge >= 0.3 is 0 Å². The third-order valence-corrected chi connectivity index (χ3v) is 4.73. The van der Waals surface area contributed by atoms with E-state index in [0.717, 1.165) is 0 Å². The Morgan fingerprint density at radius 3 is 2.25 bits per heavy atom. The van der Waals surface area contributed by atoms with Crippen LogP contribution in [0.1, 0.15) is 45.4 Å². The first-order valence-corrected chi connectivity index (χ1v) is 6.51. The summed E-state index contributed by atoms with van der Waals surface area (Å²) < 4.78 is 5.13. The molecule has 1 saturated heterocycles. The van der Waals surface area contributed by atoms with Gasteiger partial charge in [0.25, 0.3) is 0 Å². The van der Waals surface area contributed by atoms with Gasteiger partial charge < -0.3 is 10.1 Å². The van der Waals surface area contributed by atoms with E-state index in [1.165, 1.54) is 38.5 Å². The summed E-state index contributed by atoms with van der Waals surface area (Å²) >= 11 is 0. The quantitative estimate of drug-likeness (QED) is 0.776. The molecule has 0 unspecified atom stereocenters. The van der Waals surface area contributed by atoms with Crippen molar-refractivity contribution in [2.75, 3.05) is 13.2 Å². The van der Waals surface area contributed by atoms with Gasteiger partial charge in [-0.3, -0.25) is 4.79 Å². The first-order valence-electron chi connectivity index (χ1n) is 6.51. The molecule has 0 aromatic rings. The molecule has 1 N–H and O–H groups in total. The highest BCUT2D eigenvalue weighted by Crippen LogP contribution is 2.56. The molecule has 1 heterocycles. The van der Waals surface area contributed by atoms with Gasteiger partial charge in [0, 0.05) is 6.04 Å². The van der Waals surface area contributed by atoms with E-state index >= 15 is 0 Å². The van der Waals surface area contributed by atoms with Crippen LogP contribution in [0.2, 0.25) is 0 Å². The SMILES string of the molecule is CC1(C(=O)NC2CCC3(CC2)CC3)COC1. The lowest BCUT2D eigenvalue weighted by molar-refractivity contribution is -0.158. The fourth-order valence-corrected chi connectivity index (χ4v) is 2.95. The van der Waals surface area contributed by atoms with Gasteiger partial charge in [0.05, 0.1) is 18.6 Å². The zero-order valence-corrected chi connectivity index (χ0v) is 10.1. The van der Waals surface area contributed by atoms with E-state index in [-0.39, 0.29) is 11.3 Å². The second-order valence-corrected chi connectivity index (χ2v) is 6.30. The Balaban J connectivity index is 1.50. The van der Waals surface area contributed by atoms with Crippen LogP contribution < -0.4 is 5.32 Å². The second kappa shape index (κ2) is 3.46. The van der Waals surface area contributed by atoms with Crippen LogP contribution in [0, 0.1) is 10.8 Å². The first-order chi connectivity index (χ1) is 7.62. The smallest absolute Gasteiger partial charge is 0.230 e. The lowest BCUT2D eigenvalue weighted by Crippen LogP contribution is -2.54. The van der Waals surface area contributed by atoms with E-state index < -0.39 is 0 Å². The number of carbonyl (C=O) groups excluding carboxylic acids is 1. The summed E-state index contributed by atoms with van der Waals surface area (Å²) in [6, 6.07) is 0.427. The molecule has 1 aliphatic heterocycles. The first kappa shape index (κ1) is 10.6. The van der Waals surface area contributed by atoms with Gasteiger partial charge in [-0.1, -0.05) is 0 Å². The molecule has 16 heavy (non-hydrogen) atoms. The zero-order chi connectivity index (χ0) is 11.2. The average Bonchev–Trinajstić information content (AvgIpc) is 2.98. The second-order valence-electron chi connectivity index (χ2n) is 6.30. The van der Waals surface area contributed by atoms with Gasteiger partial charge in [0.1, 0.15) is 0 Å². The van der Waals surface area contributed by atoms with Crippen LogP contribution in [0.4, 0.5) is 0 Å². The summed E-state index contributed by atoms with van der Waals surface area (Å²) in [6.07, 6.45) is 7.88. The highest BCUT2D eigenvalue weighted by molar-refractivity contribution is 5.83. The Labute approximate surface area is 96.9 Å². The van der Waals surface area contributed by atoms with Crippen molar-refractivity contribution in [1.29, 1.82) is 0 Å². The number of hydrogen-bond donors (Lipinski definition) is 1. The third-order valence-electron chi connectivity index (χ3n) is 4.73. The molecule has 90 valence electrons. The van der Waals surface area contributed by atoms with Crippen LogP contribution in [0.25, 0.3) is 0 Å². The van der Waals surface area contributed by atoms with Crippen LogP contribution in [0.3, 0.4) is 0 Å². The molecular formula is C13H21NO2. The minimum Gasteiger partial charge on any atom is -0.379 e. The lowest BCUT2D eigenvalue weighted by atomic mass is 9.82. The molecule has 2 saturated carbocycles. The van der Waals surface area contributed by atoms with Crippen molar-refractivity contribution in [3.8, 4) is 0 Å².